The highest BCUT2D eigenvalue weighted by Gasteiger charge is 2.16. The molecule has 1 aromatic heterocycles. The lowest BCUT2D eigenvalue weighted by molar-refractivity contribution is 0.140. The molecule has 0 bridgehead atoms. The maximum absolute atomic E-state index is 5.38. The molecule has 1 atom stereocenters. The van der Waals surface area contributed by atoms with Gasteiger partial charge in [-0.3, -0.25) is 4.68 Å². The average Bonchev–Trinajstić information content (AvgIpc) is 2.67. The van der Waals surface area contributed by atoms with E-state index >= 15 is 0 Å². The van der Waals surface area contributed by atoms with Crippen LogP contribution in [0.1, 0.15) is 56.6 Å². The van der Waals surface area contributed by atoms with Crippen LogP contribution in [-0.2, 0) is 11.3 Å². The molecule has 0 radical (unpaired) electrons. The number of hydrogen-bond donors (Lipinski definition) is 1. The van der Waals surface area contributed by atoms with Crippen molar-refractivity contribution in [1.29, 1.82) is 0 Å². The third-order valence-electron chi connectivity index (χ3n) is 3.43. The zero-order valence-electron chi connectivity index (χ0n) is 13.1. The molecule has 19 heavy (non-hydrogen) atoms. The molecular formula is C15H29N3O. The summed E-state index contributed by atoms with van der Waals surface area (Å²) in [6.07, 6.45) is 2.18. The first-order valence-corrected chi connectivity index (χ1v) is 7.46. The van der Waals surface area contributed by atoms with Gasteiger partial charge in [-0.15, -0.1) is 0 Å². The van der Waals surface area contributed by atoms with E-state index < -0.39 is 0 Å². The van der Waals surface area contributed by atoms with Crippen LogP contribution in [0.25, 0.3) is 0 Å². The van der Waals surface area contributed by atoms with Crippen LogP contribution in [0.4, 0.5) is 0 Å². The van der Waals surface area contributed by atoms with Gasteiger partial charge in [-0.25, -0.2) is 0 Å². The van der Waals surface area contributed by atoms with Gasteiger partial charge in [0.05, 0.1) is 5.69 Å². The Morgan fingerprint density at radius 1 is 1.32 bits per heavy atom. The number of hydrogen-bond acceptors (Lipinski definition) is 3. The quantitative estimate of drug-likeness (QED) is 0.699. The SMILES string of the molecule is CCCNC(C)c1c(C)nn(CCCOCC)c1C. The molecule has 1 N–H and O–H groups in total. The van der Waals surface area contributed by atoms with E-state index in [0.717, 1.165) is 44.8 Å². The molecule has 0 amide bonds. The molecular weight excluding hydrogens is 238 g/mol. The molecule has 110 valence electrons. The van der Waals surface area contributed by atoms with Gasteiger partial charge < -0.3 is 10.1 Å². The van der Waals surface area contributed by atoms with E-state index in [2.05, 4.69) is 42.8 Å². The summed E-state index contributed by atoms with van der Waals surface area (Å²) in [4.78, 5) is 0. The van der Waals surface area contributed by atoms with Crippen molar-refractivity contribution in [3.63, 3.8) is 0 Å². The summed E-state index contributed by atoms with van der Waals surface area (Å²) in [5, 5.41) is 8.20. The molecule has 0 aliphatic heterocycles. The Balaban J connectivity index is 2.65. The number of aryl methyl sites for hydroxylation is 2. The predicted molar refractivity (Wildman–Crippen MR) is 79.5 cm³/mol. The Bertz CT molecular complexity index is 374. The molecule has 1 rings (SSSR count). The summed E-state index contributed by atoms with van der Waals surface area (Å²) >= 11 is 0. The van der Waals surface area contributed by atoms with E-state index in [1.54, 1.807) is 0 Å². The first kappa shape index (κ1) is 16.2. The lowest BCUT2D eigenvalue weighted by Gasteiger charge is -2.14. The van der Waals surface area contributed by atoms with E-state index in [4.69, 9.17) is 4.74 Å². The van der Waals surface area contributed by atoms with Gasteiger partial charge in [-0.05, 0) is 47.1 Å². The van der Waals surface area contributed by atoms with Gasteiger partial charge in [0, 0.05) is 37.1 Å². The Kier molecular flexibility index (Phi) is 7.10. The van der Waals surface area contributed by atoms with Crippen LogP contribution in [0.5, 0.6) is 0 Å². The minimum atomic E-state index is 0.376. The van der Waals surface area contributed by atoms with Crippen molar-refractivity contribution < 1.29 is 4.74 Å². The summed E-state index contributed by atoms with van der Waals surface area (Å²) in [5.74, 6) is 0. The number of rotatable bonds is 9. The van der Waals surface area contributed by atoms with E-state index in [0.29, 0.717) is 6.04 Å². The average molecular weight is 267 g/mol. The summed E-state index contributed by atoms with van der Waals surface area (Å²) in [6, 6.07) is 0.376. The largest absolute Gasteiger partial charge is 0.382 e. The van der Waals surface area contributed by atoms with Crippen molar-refractivity contribution in [2.75, 3.05) is 19.8 Å². The van der Waals surface area contributed by atoms with Crippen LogP contribution >= 0.6 is 0 Å². The Morgan fingerprint density at radius 3 is 2.68 bits per heavy atom. The molecule has 0 fully saturated rings. The fourth-order valence-electron chi connectivity index (χ4n) is 2.48. The van der Waals surface area contributed by atoms with Crippen LogP contribution < -0.4 is 5.32 Å². The maximum Gasteiger partial charge on any atom is 0.0644 e. The molecule has 0 spiro atoms. The third-order valence-corrected chi connectivity index (χ3v) is 3.43. The highest BCUT2D eigenvalue weighted by molar-refractivity contribution is 5.27. The second kappa shape index (κ2) is 8.33. The summed E-state index contributed by atoms with van der Waals surface area (Å²) in [6.45, 7) is 14.3. The van der Waals surface area contributed by atoms with Gasteiger partial charge >= 0.3 is 0 Å². The number of ether oxygens (including phenoxy) is 1. The Hall–Kier alpha value is -0.870. The van der Waals surface area contributed by atoms with Crippen LogP contribution in [0.2, 0.25) is 0 Å². The minimum Gasteiger partial charge on any atom is -0.382 e. The highest BCUT2D eigenvalue weighted by atomic mass is 16.5. The molecule has 0 aromatic carbocycles. The van der Waals surface area contributed by atoms with Crippen molar-refractivity contribution in [1.82, 2.24) is 15.1 Å². The Labute approximate surface area is 117 Å². The van der Waals surface area contributed by atoms with Gasteiger partial charge in [0.2, 0.25) is 0 Å². The summed E-state index contributed by atoms with van der Waals surface area (Å²) in [7, 11) is 0. The second-order valence-electron chi connectivity index (χ2n) is 5.03. The van der Waals surface area contributed by atoms with Gasteiger partial charge in [-0.2, -0.15) is 5.10 Å². The number of aromatic nitrogens is 2. The van der Waals surface area contributed by atoms with Crippen molar-refractivity contribution >= 4 is 0 Å². The van der Waals surface area contributed by atoms with Crippen LogP contribution in [0.3, 0.4) is 0 Å². The van der Waals surface area contributed by atoms with Crippen molar-refractivity contribution in [2.24, 2.45) is 0 Å². The van der Waals surface area contributed by atoms with Gasteiger partial charge in [-0.1, -0.05) is 6.92 Å². The first-order valence-electron chi connectivity index (χ1n) is 7.46. The molecule has 0 saturated heterocycles. The second-order valence-corrected chi connectivity index (χ2v) is 5.03. The molecule has 1 heterocycles. The standard InChI is InChI=1S/C15H29N3O/c1-6-9-16-12(3)15-13(4)17-18(14(15)5)10-8-11-19-7-2/h12,16H,6-11H2,1-5H3. The van der Waals surface area contributed by atoms with Gasteiger partial charge in [0.25, 0.3) is 0 Å². The van der Waals surface area contributed by atoms with Crippen molar-refractivity contribution in [2.45, 2.75) is 60.0 Å². The third kappa shape index (κ3) is 4.62. The maximum atomic E-state index is 5.38. The van der Waals surface area contributed by atoms with Crippen LogP contribution in [0.15, 0.2) is 0 Å². The minimum absolute atomic E-state index is 0.376. The van der Waals surface area contributed by atoms with Gasteiger partial charge in [0.15, 0.2) is 0 Å². The Morgan fingerprint density at radius 2 is 2.05 bits per heavy atom. The smallest absolute Gasteiger partial charge is 0.0644 e. The summed E-state index contributed by atoms with van der Waals surface area (Å²) < 4.78 is 7.50. The van der Waals surface area contributed by atoms with Gasteiger partial charge in [0.1, 0.15) is 0 Å². The molecule has 1 unspecified atom stereocenters. The summed E-state index contributed by atoms with van der Waals surface area (Å²) in [5.41, 5.74) is 3.78. The predicted octanol–water partition coefficient (Wildman–Crippen LogP) is 2.99. The lowest BCUT2D eigenvalue weighted by Crippen LogP contribution is -2.20. The normalized spacial score (nSPS) is 12.9. The molecule has 4 heteroatoms. The monoisotopic (exact) mass is 267 g/mol. The fourth-order valence-corrected chi connectivity index (χ4v) is 2.48. The van der Waals surface area contributed by atoms with E-state index in [1.807, 2.05) is 6.92 Å². The number of nitrogens with one attached hydrogen (secondary N) is 1. The molecule has 0 aliphatic rings. The first-order chi connectivity index (χ1) is 9.11. The van der Waals surface area contributed by atoms with Crippen molar-refractivity contribution in [3.8, 4) is 0 Å². The molecule has 0 saturated carbocycles. The topological polar surface area (TPSA) is 39.1 Å². The zero-order valence-corrected chi connectivity index (χ0v) is 13.1. The molecule has 4 nitrogen and oxygen atoms in total. The lowest BCUT2D eigenvalue weighted by atomic mass is 10.1. The van der Waals surface area contributed by atoms with E-state index in [1.165, 1.54) is 11.3 Å². The molecule has 0 aliphatic carbocycles. The number of nitrogens with zero attached hydrogens (tertiary/aromatic N) is 2. The fraction of sp³-hybridized carbons (Fsp3) is 0.800. The zero-order chi connectivity index (χ0) is 14.3. The molecule has 1 aromatic rings. The van der Waals surface area contributed by atoms with E-state index in [-0.39, 0.29) is 0 Å². The highest BCUT2D eigenvalue weighted by Crippen LogP contribution is 2.21. The van der Waals surface area contributed by atoms with Crippen LogP contribution in [-0.4, -0.2) is 29.5 Å². The van der Waals surface area contributed by atoms with Crippen LogP contribution in [0, 0.1) is 13.8 Å². The van der Waals surface area contributed by atoms with Crippen molar-refractivity contribution in [3.05, 3.63) is 17.0 Å². The van der Waals surface area contributed by atoms with E-state index in [9.17, 15) is 0 Å².